The van der Waals surface area contributed by atoms with Crippen molar-refractivity contribution in [2.45, 2.75) is 11.7 Å². The van der Waals surface area contributed by atoms with Crippen molar-refractivity contribution in [2.24, 2.45) is 0 Å². The van der Waals surface area contributed by atoms with Crippen LogP contribution in [-0.2, 0) is 9.53 Å². The number of ether oxygens (including phenoxy) is 1. The number of rotatable bonds is 7. The maximum atomic E-state index is 12.2. The summed E-state index contributed by atoms with van der Waals surface area (Å²) < 4.78 is 9.78. The maximum Gasteiger partial charge on any atom is 0.315 e. The molecule has 1 atom stereocenters. The van der Waals surface area contributed by atoms with Gasteiger partial charge in [-0.3, -0.25) is 9.59 Å². The monoisotopic (exact) mass is 304 g/mol. The largest absolute Gasteiger partial charge is 0.468 e. The van der Waals surface area contributed by atoms with Crippen molar-refractivity contribution in [3.8, 4) is 0 Å². The zero-order valence-electron chi connectivity index (χ0n) is 11.7. The fourth-order valence-corrected chi connectivity index (χ4v) is 2.95. The molecule has 0 aliphatic rings. The lowest BCUT2D eigenvalue weighted by Crippen LogP contribution is -2.09. The molecule has 0 spiro atoms. The summed E-state index contributed by atoms with van der Waals surface area (Å²) >= 11 is 1.40. The molecule has 0 bridgehead atoms. The highest BCUT2D eigenvalue weighted by atomic mass is 32.2. The topological polar surface area (TPSA) is 56.5 Å². The summed E-state index contributed by atoms with van der Waals surface area (Å²) in [5.41, 5.74) is 1.01. The highest BCUT2D eigenvalue weighted by molar-refractivity contribution is 8.00. The minimum atomic E-state index is -0.300. The first-order valence-electron chi connectivity index (χ1n) is 6.50. The molecule has 0 amide bonds. The molecule has 21 heavy (non-hydrogen) atoms. The van der Waals surface area contributed by atoms with E-state index in [1.807, 2.05) is 30.3 Å². The number of carbonyl (C=O) groups excluding carboxylic acids is 2. The van der Waals surface area contributed by atoms with E-state index in [0.717, 1.165) is 5.56 Å². The first-order chi connectivity index (χ1) is 10.2. The molecule has 110 valence electrons. The van der Waals surface area contributed by atoms with Gasteiger partial charge in [0.25, 0.3) is 0 Å². The smallest absolute Gasteiger partial charge is 0.315 e. The number of ketones is 1. The van der Waals surface area contributed by atoms with Crippen LogP contribution in [0.3, 0.4) is 0 Å². The van der Waals surface area contributed by atoms with Crippen LogP contribution in [0.4, 0.5) is 0 Å². The van der Waals surface area contributed by atoms with Crippen molar-refractivity contribution in [2.75, 3.05) is 12.9 Å². The molecule has 5 heteroatoms. The van der Waals surface area contributed by atoms with Gasteiger partial charge in [0.05, 0.1) is 19.1 Å². The van der Waals surface area contributed by atoms with Gasteiger partial charge in [-0.1, -0.05) is 30.3 Å². The molecule has 0 aliphatic carbocycles. The third-order valence-electron chi connectivity index (χ3n) is 2.97. The number of furan rings is 1. The zero-order chi connectivity index (χ0) is 15.1. The summed E-state index contributed by atoms with van der Waals surface area (Å²) in [4.78, 5) is 23.5. The molecular formula is C16H16O4S. The third-order valence-corrected chi connectivity index (χ3v) is 4.21. The van der Waals surface area contributed by atoms with E-state index in [-0.39, 0.29) is 29.2 Å². The second kappa shape index (κ2) is 7.69. The number of methoxy groups -OCH3 is 1. The minimum absolute atomic E-state index is 0.0776. The molecule has 0 saturated carbocycles. The van der Waals surface area contributed by atoms with E-state index >= 15 is 0 Å². The number of carbonyl (C=O) groups is 2. The fraction of sp³-hybridized carbons (Fsp3) is 0.250. The maximum absolute atomic E-state index is 12.2. The third kappa shape index (κ3) is 4.49. The number of Topliss-reactive ketones (excluding diaryl/α,β-unsaturated/α-hetero) is 1. The van der Waals surface area contributed by atoms with Crippen molar-refractivity contribution in [3.05, 3.63) is 60.1 Å². The predicted molar refractivity (Wildman–Crippen MR) is 81.3 cm³/mol. The molecule has 0 N–H and O–H groups in total. The average Bonchev–Trinajstić information content (AvgIpc) is 3.06. The van der Waals surface area contributed by atoms with Crippen LogP contribution < -0.4 is 0 Å². The zero-order valence-corrected chi connectivity index (χ0v) is 12.5. The van der Waals surface area contributed by atoms with Crippen LogP contribution in [0.15, 0.2) is 53.1 Å². The van der Waals surface area contributed by atoms with Gasteiger partial charge in [0.2, 0.25) is 0 Å². The van der Waals surface area contributed by atoms with Crippen LogP contribution in [-0.4, -0.2) is 24.6 Å². The molecule has 0 aliphatic heterocycles. The van der Waals surface area contributed by atoms with Crippen LogP contribution in [0.25, 0.3) is 0 Å². The van der Waals surface area contributed by atoms with Crippen molar-refractivity contribution < 1.29 is 18.7 Å². The van der Waals surface area contributed by atoms with Gasteiger partial charge in [0, 0.05) is 11.7 Å². The number of benzene rings is 1. The molecule has 0 saturated heterocycles. The Bertz CT molecular complexity index is 578. The summed E-state index contributed by atoms with van der Waals surface area (Å²) in [5, 5.41) is -0.108. The molecule has 4 nitrogen and oxygen atoms in total. The summed E-state index contributed by atoms with van der Waals surface area (Å²) in [6.07, 6.45) is 1.76. The molecule has 1 aromatic heterocycles. The molecular weight excluding hydrogens is 288 g/mol. The standard InChI is InChI=1S/C16H16O4S/c1-19-16(18)11-21-15(12-6-3-2-4-7-12)10-13(17)14-8-5-9-20-14/h2-9,15H,10-11H2,1H3/t15-/m0/s1. The molecule has 0 unspecified atom stereocenters. The molecule has 1 heterocycles. The number of hydrogen-bond donors (Lipinski definition) is 0. The first kappa shape index (κ1) is 15.4. The lowest BCUT2D eigenvalue weighted by Gasteiger charge is -2.15. The van der Waals surface area contributed by atoms with Crippen LogP contribution in [0.5, 0.6) is 0 Å². The second-order valence-corrected chi connectivity index (χ2v) is 5.58. The summed E-state index contributed by atoms with van der Waals surface area (Å²) in [5.74, 6) is 0.175. The SMILES string of the molecule is COC(=O)CS[C@@H](CC(=O)c1ccco1)c1ccccc1. The Hall–Kier alpha value is -2.01. The number of esters is 1. The van der Waals surface area contributed by atoms with Gasteiger partial charge in [0.1, 0.15) is 0 Å². The van der Waals surface area contributed by atoms with E-state index < -0.39 is 0 Å². The van der Waals surface area contributed by atoms with Crippen LogP contribution >= 0.6 is 11.8 Å². The number of hydrogen-bond acceptors (Lipinski definition) is 5. The Balaban J connectivity index is 2.08. The van der Waals surface area contributed by atoms with Crippen molar-refractivity contribution >= 4 is 23.5 Å². The lowest BCUT2D eigenvalue weighted by molar-refractivity contribution is -0.137. The van der Waals surface area contributed by atoms with Crippen molar-refractivity contribution in [1.29, 1.82) is 0 Å². The Kier molecular flexibility index (Phi) is 5.63. The van der Waals surface area contributed by atoms with Crippen LogP contribution in [0.2, 0.25) is 0 Å². The van der Waals surface area contributed by atoms with Crippen molar-refractivity contribution in [3.63, 3.8) is 0 Å². The summed E-state index contributed by atoms with van der Waals surface area (Å²) in [6.45, 7) is 0. The quantitative estimate of drug-likeness (QED) is 0.579. The van der Waals surface area contributed by atoms with E-state index in [1.165, 1.54) is 25.1 Å². The van der Waals surface area contributed by atoms with E-state index in [4.69, 9.17) is 4.42 Å². The highest BCUT2D eigenvalue weighted by Crippen LogP contribution is 2.33. The van der Waals surface area contributed by atoms with Crippen LogP contribution in [0.1, 0.15) is 27.8 Å². The normalized spacial score (nSPS) is 11.9. The van der Waals surface area contributed by atoms with Gasteiger partial charge in [0.15, 0.2) is 11.5 Å². The highest BCUT2D eigenvalue weighted by Gasteiger charge is 2.20. The molecule has 2 rings (SSSR count). The Morgan fingerprint density at radius 2 is 1.95 bits per heavy atom. The molecule has 1 aromatic carbocycles. The average molecular weight is 304 g/mol. The molecule has 0 radical (unpaired) electrons. The van der Waals surface area contributed by atoms with E-state index in [2.05, 4.69) is 4.74 Å². The minimum Gasteiger partial charge on any atom is -0.468 e. The fourth-order valence-electron chi connectivity index (χ4n) is 1.87. The summed E-state index contributed by atoms with van der Waals surface area (Å²) in [7, 11) is 1.36. The Morgan fingerprint density at radius 3 is 2.57 bits per heavy atom. The van der Waals surface area contributed by atoms with Gasteiger partial charge >= 0.3 is 5.97 Å². The van der Waals surface area contributed by atoms with Crippen LogP contribution in [0, 0.1) is 0 Å². The van der Waals surface area contributed by atoms with Gasteiger partial charge in [-0.15, -0.1) is 11.8 Å². The van der Waals surface area contributed by atoms with Crippen molar-refractivity contribution in [1.82, 2.24) is 0 Å². The Labute approximate surface area is 127 Å². The van der Waals surface area contributed by atoms with Gasteiger partial charge in [-0.25, -0.2) is 0 Å². The van der Waals surface area contributed by atoms with Gasteiger partial charge in [-0.2, -0.15) is 0 Å². The van der Waals surface area contributed by atoms with E-state index in [9.17, 15) is 9.59 Å². The number of thioether (sulfide) groups is 1. The first-order valence-corrected chi connectivity index (χ1v) is 7.55. The predicted octanol–water partition coefficient (Wildman–Crippen LogP) is 3.50. The van der Waals surface area contributed by atoms with Gasteiger partial charge in [-0.05, 0) is 17.7 Å². The lowest BCUT2D eigenvalue weighted by atomic mass is 10.1. The van der Waals surface area contributed by atoms with E-state index in [1.54, 1.807) is 12.1 Å². The molecule has 0 fully saturated rings. The molecule has 2 aromatic rings. The summed E-state index contributed by atoms with van der Waals surface area (Å²) in [6, 6.07) is 13.0. The Morgan fingerprint density at radius 1 is 1.19 bits per heavy atom. The van der Waals surface area contributed by atoms with Gasteiger partial charge < -0.3 is 9.15 Å². The van der Waals surface area contributed by atoms with E-state index in [0.29, 0.717) is 5.76 Å². The second-order valence-electron chi connectivity index (χ2n) is 4.39.